The van der Waals surface area contributed by atoms with Gasteiger partial charge in [-0.2, -0.15) is 11.3 Å². The zero-order valence-corrected chi connectivity index (χ0v) is 14.1. The molecule has 0 unspecified atom stereocenters. The van der Waals surface area contributed by atoms with Crippen LogP contribution >= 0.6 is 11.3 Å². The molecule has 2 aromatic heterocycles. The Kier molecular flexibility index (Phi) is 4.92. The van der Waals surface area contributed by atoms with Crippen LogP contribution in [0.3, 0.4) is 0 Å². The second-order valence-corrected chi connectivity index (χ2v) is 6.37. The van der Waals surface area contributed by atoms with Crippen LogP contribution in [0.4, 0.5) is 4.79 Å². The van der Waals surface area contributed by atoms with Gasteiger partial charge in [0.15, 0.2) is 5.82 Å². The highest BCUT2D eigenvalue weighted by Gasteiger charge is 2.29. The maximum atomic E-state index is 12.5. The summed E-state index contributed by atoms with van der Waals surface area (Å²) in [6.07, 6.45) is 1.62. The summed E-state index contributed by atoms with van der Waals surface area (Å²) in [5.41, 5.74) is 1.13. The van der Waals surface area contributed by atoms with Crippen LogP contribution in [0.5, 0.6) is 0 Å². The van der Waals surface area contributed by atoms with E-state index in [0.717, 1.165) is 17.9 Å². The van der Waals surface area contributed by atoms with Gasteiger partial charge in [0.1, 0.15) is 12.4 Å². The monoisotopic (exact) mass is 335 g/mol. The van der Waals surface area contributed by atoms with Crippen LogP contribution in [0.15, 0.2) is 23.2 Å². The normalized spacial score (nSPS) is 21.4. The number of hydrogen-bond donors (Lipinski definition) is 1. The molecule has 2 amide bonds. The number of aryl methyl sites for hydroxylation is 1. The zero-order valence-electron chi connectivity index (χ0n) is 13.3. The Hall–Kier alpha value is -1.93. The smallest absolute Gasteiger partial charge is 0.317 e. The molecule has 1 N–H and O–H groups in total. The molecule has 0 aliphatic carbocycles. The summed E-state index contributed by atoms with van der Waals surface area (Å²) in [6, 6.07) is 1.96. The van der Waals surface area contributed by atoms with Crippen LogP contribution in [-0.4, -0.2) is 44.9 Å². The molecule has 7 nitrogen and oxygen atoms in total. The van der Waals surface area contributed by atoms with E-state index in [4.69, 9.17) is 4.74 Å². The molecule has 23 heavy (non-hydrogen) atoms. The van der Waals surface area contributed by atoms with Crippen molar-refractivity contribution < 1.29 is 9.53 Å². The van der Waals surface area contributed by atoms with Gasteiger partial charge in [-0.1, -0.05) is 0 Å². The predicted octanol–water partition coefficient (Wildman–Crippen LogP) is 2.03. The van der Waals surface area contributed by atoms with E-state index >= 15 is 0 Å². The van der Waals surface area contributed by atoms with Crippen LogP contribution in [0, 0.1) is 0 Å². The Balaban J connectivity index is 1.60. The number of hydrogen-bond acceptors (Lipinski definition) is 5. The molecular weight excluding hydrogens is 314 g/mol. The molecule has 124 valence electrons. The van der Waals surface area contributed by atoms with Crippen molar-refractivity contribution in [3.05, 3.63) is 34.5 Å². The van der Waals surface area contributed by atoms with Crippen molar-refractivity contribution in [3.8, 4) is 0 Å². The van der Waals surface area contributed by atoms with E-state index in [-0.39, 0.29) is 18.2 Å². The summed E-state index contributed by atoms with van der Waals surface area (Å²) < 4.78 is 7.87. The summed E-state index contributed by atoms with van der Waals surface area (Å²) in [5.74, 6) is 0.761. The first-order chi connectivity index (χ1) is 11.2. The summed E-state index contributed by atoms with van der Waals surface area (Å²) in [7, 11) is 0. The van der Waals surface area contributed by atoms with Crippen molar-refractivity contribution in [2.75, 3.05) is 13.1 Å². The number of ether oxygens (including phenoxy) is 1. The van der Waals surface area contributed by atoms with Gasteiger partial charge in [0.25, 0.3) is 0 Å². The molecule has 0 saturated carbocycles. The molecular formula is C15H21N5O2S. The molecule has 0 aromatic carbocycles. The van der Waals surface area contributed by atoms with Crippen molar-refractivity contribution in [3.63, 3.8) is 0 Å². The number of rotatable bonds is 4. The lowest BCUT2D eigenvalue weighted by molar-refractivity contribution is -0.0655. The molecule has 0 radical (unpaired) electrons. The molecule has 3 rings (SSSR count). The largest absolute Gasteiger partial charge is 0.367 e. The maximum absolute atomic E-state index is 12.5. The number of morpholine rings is 1. The minimum Gasteiger partial charge on any atom is -0.367 e. The van der Waals surface area contributed by atoms with Crippen LogP contribution in [0.1, 0.15) is 31.3 Å². The Bertz CT molecular complexity index is 642. The SMILES string of the molecule is CCn1cnnc1CNC(=O)N1C[C@@H](C)O[C@@H](c2ccsc2)C1. The fraction of sp³-hybridized carbons (Fsp3) is 0.533. The van der Waals surface area contributed by atoms with Gasteiger partial charge in [0, 0.05) is 13.1 Å². The van der Waals surface area contributed by atoms with Gasteiger partial charge < -0.3 is 19.5 Å². The second kappa shape index (κ2) is 7.10. The highest BCUT2D eigenvalue weighted by atomic mass is 32.1. The number of nitrogens with zero attached hydrogens (tertiary/aromatic N) is 4. The molecule has 2 atom stereocenters. The average molecular weight is 335 g/mol. The number of aromatic nitrogens is 3. The van der Waals surface area contributed by atoms with Crippen molar-refractivity contribution in [1.29, 1.82) is 0 Å². The first-order valence-electron chi connectivity index (χ1n) is 7.74. The summed E-state index contributed by atoms with van der Waals surface area (Å²) in [4.78, 5) is 14.3. The van der Waals surface area contributed by atoms with Gasteiger partial charge in [0.05, 0.1) is 19.2 Å². The molecule has 0 spiro atoms. The Morgan fingerprint density at radius 2 is 2.39 bits per heavy atom. The van der Waals surface area contributed by atoms with Crippen molar-refractivity contribution >= 4 is 17.4 Å². The van der Waals surface area contributed by atoms with Gasteiger partial charge in [-0.25, -0.2) is 4.79 Å². The van der Waals surface area contributed by atoms with E-state index in [2.05, 4.69) is 20.9 Å². The highest BCUT2D eigenvalue weighted by Crippen LogP contribution is 2.26. The molecule has 0 bridgehead atoms. The third kappa shape index (κ3) is 3.70. The minimum absolute atomic E-state index is 0.0127. The van der Waals surface area contributed by atoms with Crippen LogP contribution < -0.4 is 5.32 Å². The van der Waals surface area contributed by atoms with Gasteiger partial charge in [-0.15, -0.1) is 10.2 Å². The quantitative estimate of drug-likeness (QED) is 0.928. The third-order valence-corrected chi connectivity index (χ3v) is 4.60. The Labute approximate surface area is 139 Å². The molecule has 8 heteroatoms. The number of carbonyl (C=O) groups is 1. The minimum atomic E-state index is -0.0916. The number of urea groups is 1. The van der Waals surface area contributed by atoms with Crippen LogP contribution in [0.2, 0.25) is 0 Å². The molecule has 1 saturated heterocycles. The van der Waals surface area contributed by atoms with Crippen molar-refractivity contribution in [2.24, 2.45) is 0 Å². The van der Waals surface area contributed by atoms with E-state index in [9.17, 15) is 4.79 Å². The molecule has 1 aliphatic heterocycles. The number of amides is 2. The Morgan fingerprint density at radius 3 is 3.13 bits per heavy atom. The third-order valence-electron chi connectivity index (χ3n) is 3.90. The molecule has 1 aliphatic rings. The second-order valence-electron chi connectivity index (χ2n) is 5.59. The molecule has 2 aromatic rings. The van der Waals surface area contributed by atoms with E-state index in [0.29, 0.717) is 19.6 Å². The Morgan fingerprint density at radius 1 is 1.52 bits per heavy atom. The van der Waals surface area contributed by atoms with Crippen LogP contribution in [-0.2, 0) is 17.8 Å². The zero-order chi connectivity index (χ0) is 16.2. The first kappa shape index (κ1) is 15.9. The first-order valence-corrected chi connectivity index (χ1v) is 8.68. The lowest BCUT2D eigenvalue weighted by Crippen LogP contribution is -2.49. The predicted molar refractivity (Wildman–Crippen MR) is 87.1 cm³/mol. The summed E-state index contributed by atoms with van der Waals surface area (Å²) in [5, 5.41) is 14.9. The lowest BCUT2D eigenvalue weighted by Gasteiger charge is -2.36. The van der Waals surface area contributed by atoms with Crippen molar-refractivity contribution in [2.45, 2.75) is 39.1 Å². The van der Waals surface area contributed by atoms with E-state index in [1.165, 1.54) is 0 Å². The van der Waals surface area contributed by atoms with E-state index in [1.54, 1.807) is 17.7 Å². The standard InChI is InChI=1S/C15H21N5O2S/c1-3-19-10-17-18-14(19)6-16-15(21)20-7-11(2)22-13(8-20)12-4-5-23-9-12/h4-5,9-11,13H,3,6-8H2,1-2H3,(H,16,21)/t11-,13-/m1/s1. The summed E-state index contributed by atoms with van der Waals surface area (Å²) in [6.45, 7) is 6.32. The van der Waals surface area contributed by atoms with Gasteiger partial charge in [0.2, 0.25) is 0 Å². The number of nitrogens with one attached hydrogen (secondary N) is 1. The molecule has 1 fully saturated rings. The maximum Gasteiger partial charge on any atom is 0.317 e. The van der Waals surface area contributed by atoms with Crippen molar-refractivity contribution in [1.82, 2.24) is 25.0 Å². The number of carbonyl (C=O) groups excluding carboxylic acids is 1. The summed E-state index contributed by atoms with van der Waals surface area (Å²) >= 11 is 1.64. The lowest BCUT2D eigenvalue weighted by atomic mass is 10.1. The van der Waals surface area contributed by atoms with Gasteiger partial charge >= 0.3 is 6.03 Å². The van der Waals surface area contributed by atoms with Gasteiger partial charge in [-0.3, -0.25) is 0 Å². The molecule has 3 heterocycles. The van der Waals surface area contributed by atoms with E-state index < -0.39 is 0 Å². The average Bonchev–Trinajstić information content (AvgIpc) is 3.23. The van der Waals surface area contributed by atoms with Gasteiger partial charge in [-0.05, 0) is 36.2 Å². The van der Waals surface area contributed by atoms with E-state index in [1.807, 2.05) is 34.8 Å². The van der Waals surface area contributed by atoms with Crippen LogP contribution in [0.25, 0.3) is 0 Å². The fourth-order valence-electron chi connectivity index (χ4n) is 2.71. The fourth-order valence-corrected chi connectivity index (χ4v) is 3.41. The number of thiophene rings is 1. The topological polar surface area (TPSA) is 72.3 Å². The highest BCUT2D eigenvalue weighted by molar-refractivity contribution is 7.07.